The van der Waals surface area contributed by atoms with E-state index in [2.05, 4.69) is 173 Å². The number of anilines is 1. The summed E-state index contributed by atoms with van der Waals surface area (Å²) in [6.07, 6.45) is 56.3. The van der Waals surface area contributed by atoms with Crippen LogP contribution in [0.15, 0.2) is 211 Å². The molecular formula is C63H63N5S. The van der Waals surface area contributed by atoms with Crippen molar-refractivity contribution < 1.29 is 0 Å². The van der Waals surface area contributed by atoms with Gasteiger partial charge in [-0.1, -0.05) is 139 Å². The van der Waals surface area contributed by atoms with Gasteiger partial charge in [0.15, 0.2) is 6.17 Å². The van der Waals surface area contributed by atoms with Crippen molar-refractivity contribution in [3.05, 3.63) is 213 Å². The van der Waals surface area contributed by atoms with Crippen molar-refractivity contribution >= 4 is 29.1 Å². The van der Waals surface area contributed by atoms with E-state index in [0.29, 0.717) is 34.8 Å². The Bertz CT molecular complexity index is 2990. The third-order valence-corrected chi connectivity index (χ3v) is 19.0. The number of benzene rings is 2. The van der Waals surface area contributed by atoms with Gasteiger partial charge in [-0.2, -0.15) is 0 Å². The maximum absolute atomic E-state index is 5.69. The summed E-state index contributed by atoms with van der Waals surface area (Å²) in [6, 6.07) is 15.9. The van der Waals surface area contributed by atoms with Crippen molar-refractivity contribution in [1.29, 1.82) is 0 Å². The summed E-state index contributed by atoms with van der Waals surface area (Å²) in [6.45, 7) is 0.816. The standard InChI is InChI=1S/C63H63N5S/c1-5-16-40(17-6-1)43-30-31-47(41-18-7-2-8-19-41)53(36-43)45-37-55(63-66-61(42-20-9-3-10-21-42)65-62(67-63)54-35-39-28-29-44(54)34-39)57(64-38-45)52-26-15-25-50-51-33-32-49-48-24-13-14-27-56(48)68(46-22-11-4-12-23-46)58(49)60(51)69-59(50)52/h2-5,7,9-11,15-18,20-22,25,27,30-33,35-37,39,44,47-48,50,52-53,59,61,64H,1,6,8,12-14,19,23-24,26,28-29,34,38H2,(H,65,66,67). The number of rotatable bonds is 8. The van der Waals surface area contributed by atoms with Crippen molar-refractivity contribution in [2.75, 3.05) is 11.4 Å². The Balaban J connectivity index is 0.910. The highest BCUT2D eigenvalue weighted by Crippen LogP contribution is 2.62. The number of hydrogen-bond donors (Lipinski definition) is 2. The van der Waals surface area contributed by atoms with Crippen LogP contribution in [0.25, 0.3) is 0 Å². The number of fused-ring (bicyclic) bond motifs is 9. The molecule has 2 N–H and O–H groups in total. The van der Waals surface area contributed by atoms with Gasteiger partial charge in [0.05, 0.1) is 5.69 Å². The first-order valence-electron chi connectivity index (χ1n) is 26.6. The monoisotopic (exact) mass is 921 g/mol. The quantitative estimate of drug-likeness (QED) is 0.259. The van der Waals surface area contributed by atoms with Gasteiger partial charge in [-0.25, -0.2) is 9.98 Å². The van der Waals surface area contributed by atoms with Gasteiger partial charge < -0.3 is 15.5 Å². The molecule has 2 aromatic carbocycles. The Hall–Kier alpha value is -5.85. The molecule has 69 heavy (non-hydrogen) atoms. The Morgan fingerprint density at radius 2 is 1.61 bits per heavy atom. The predicted octanol–water partition coefficient (Wildman–Crippen LogP) is 14.5. The van der Waals surface area contributed by atoms with Gasteiger partial charge >= 0.3 is 0 Å². The van der Waals surface area contributed by atoms with Gasteiger partial charge in [-0.3, -0.25) is 0 Å². The fraction of sp³-hybridized carbons (Fsp3) is 0.365. The van der Waals surface area contributed by atoms with Crippen LogP contribution in [0.1, 0.15) is 118 Å². The Kier molecular flexibility index (Phi) is 10.7. The average molecular weight is 922 g/mol. The summed E-state index contributed by atoms with van der Waals surface area (Å²) in [7, 11) is 0. The minimum Gasteiger partial charge on any atom is -0.384 e. The molecule has 1 saturated carbocycles. The minimum atomic E-state index is -0.314. The number of aliphatic imine (C=N–C) groups is 2. The summed E-state index contributed by atoms with van der Waals surface area (Å²) < 4.78 is 0. The van der Waals surface area contributed by atoms with Crippen LogP contribution in [0, 0.1) is 29.6 Å². The zero-order chi connectivity index (χ0) is 45.4. The van der Waals surface area contributed by atoms with Gasteiger partial charge in [-0.15, -0.1) is 11.8 Å². The lowest BCUT2D eigenvalue weighted by molar-refractivity contribution is 0.489. The number of nitrogens with zero attached hydrogens (tertiary/aromatic N) is 3. The van der Waals surface area contributed by atoms with E-state index in [4.69, 9.17) is 9.98 Å². The molecule has 4 heterocycles. The first-order chi connectivity index (χ1) is 34.2. The largest absolute Gasteiger partial charge is 0.384 e. The van der Waals surface area contributed by atoms with Crippen LogP contribution in [0.4, 0.5) is 5.69 Å². The molecule has 4 aliphatic heterocycles. The van der Waals surface area contributed by atoms with E-state index in [-0.39, 0.29) is 18.0 Å². The molecule has 5 nitrogen and oxygen atoms in total. The average Bonchev–Trinajstić information content (AvgIpc) is 4.24. The second-order valence-electron chi connectivity index (χ2n) is 21.4. The molecule has 2 bridgehead atoms. The number of hydrogen-bond acceptors (Lipinski definition) is 6. The van der Waals surface area contributed by atoms with Crippen LogP contribution >= 0.6 is 11.8 Å². The number of thioether (sulfide) groups is 1. The van der Waals surface area contributed by atoms with Crippen molar-refractivity contribution in [2.45, 2.75) is 112 Å². The zero-order valence-corrected chi connectivity index (χ0v) is 40.5. The van der Waals surface area contributed by atoms with E-state index >= 15 is 0 Å². The first kappa shape index (κ1) is 42.1. The Morgan fingerprint density at radius 3 is 2.43 bits per heavy atom. The van der Waals surface area contributed by atoms with Gasteiger partial charge in [-0.05, 0) is 146 Å². The van der Waals surface area contributed by atoms with Crippen molar-refractivity contribution in [3.63, 3.8) is 0 Å². The molecule has 9 unspecified atom stereocenters. The first-order valence-corrected chi connectivity index (χ1v) is 27.5. The number of dihydropyridines is 1. The predicted molar refractivity (Wildman–Crippen MR) is 286 cm³/mol. The van der Waals surface area contributed by atoms with Gasteiger partial charge in [0, 0.05) is 68.9 Å². The molecule has 0 saturated heterocycles. The van der Waals surface area contributed by atoms with E-state index in [1.807, 2.05) is 0 Å². The highest BCUT2D eigenvalue weighted by atomic mass is 32.2. The molecule has 0 aromatic heterocycles. The number of nitrogens with one attached hydrogen (secondary N) is 2. The maximum Gasteiger partial charge on any atom is 0.169 e. The van der Waals surface area contributed by atoms with Crippen LogP contribution < -0.4 is 15.5 Å². The van der Waals surface area contributed by atoms with Crippen molar-refractivity contribution in [3.8, 4) is 0 Å². The fourth-order valence-electron chi connectivity index (χ4n) is 14.1. The van der Waals surface area contributed by atoms with Gasteiger partial charge in [0.25, 0.3) is 0 Å². The fourth-order valence-corrected chi connectivity index (χ4v) is 15.8. The lowest BCUT2D eigenvalue weighted by Gasteiger charge is -2.38. The summed E-state index contributed by atoms with van der Waals surface area (Å²) in [5, 5.41) is 8.69. The second kappa shape index (κ2) is 17.5. The molecule has 14 rings (SSSR count). The summed E-state index contributed by atoms with van der Waals surface area (Å²) in [5.74, 6) is 4.86. The second-order valence-corrected chi connectivity index (χ2v) is 22.6. The van der Waals surface area contributed by atoms with Crippen LogP contribution in [-0.4, -0.2) is 23.5 Å². The lowest BCUT2D eigenvalue weighted by Crippen LogP contribution is -2.43. The van der Waals surface area contributed by atoms with E-state index in [1.165, 1.54) is 105 Å². The van der Waals surface area contributed by atoms with E-state index < -0.39 is 0 Å². The third kappa shape index (κ3) is 7.33. The van der Waals surface area contributed by atoms with Crippen LogP contribution in [0.3, 0.4) is 0 Å². The van der Waals surface area contributed by atoms with E-state index in [9.17, 15) is 0 Å². The number of amidine groups is 2. The molecule has 8 aliphatic carbocycles. The number of allylic oxidation sites excluding steroid dienone is 22. The Labute approximate surface area is 413 Å². The summed E-state index contributed by atoms with van der Waals surface area (Å²) in [5.41, 5.74) is 18.3. The summed E-state index contributed by atoms with van der Waals surface area (Å²) >= 11 is 2.18. The lowest BCUT2D eigenvalue weighted by atomic mass is 9.72. The van der Waals surface area contributed by atoms with Gasteiger partial charge in [0.2, 0.25) is 0 Å². The van der Waals surface area contributed by atoms with E-state index in [0.717, 1.165) is 68.7 Å². The molecule has 1 fully saturated rings. The maximum atomic E-state index is 5.69. The van der Waals surface area contributed by atoms with Crippen LogP contribution in [0.2, 0.25) is 0 Å². The highest BCUT2D eigenvalue weighted by molar-refractivity contribution is 8.00. The smallest absolute Gasteiger partial charge is 0.169 e. The van der Waals surface area contributed by atoms with Crippen molar-refractivity contribution in [2.24, 2.45) is 39.6 Å². The molecule has 2 aromatic rings. The molecule has 0 spiro atoms. The highest BCUT2D eigenvalue weighted by Gasteiger charge is 2.48. The van der Waals surface area contributed by atoms with Crippen LogP contribution in [-0.2, 0) is 0 Å². The topological polar surface area (TPSA) is 52.0 Å². The molecule has 9 atom stereocenters. The minimum absolute atomic E-state index is 0.220. The Morgan fingerprint density at radius 1 is 0.710 bits per heavy atom. The molecule has 0 amide bonds. The SMILES string of the molecule is C1=CCCC(C2C=CC(C3=CCCC=C3)=CC2C2=CC(C3=NC(c4ccccc4)N=C(C4=CC5CCC4C5)N3)=C(C3CC=CC4c5ccc6c(c5SC34)N(C3=CC=CCC3)C3=CCCCC36)NC2)=C1. The summed E-state index contributed by atoms with van der Waals surface area (Å²) in [4.78, 5) is 15.4. The van der Waals surface area contributed by atoms with E-state index in [1.54, 1.807) is 5.56 Å². The van der Waals surface area contributed by atoms with Gasteiger partial charge in [0.1, 0.15) is 11.7 Å². The third-order valence-electron chi connectivity index (χ3n) is 17.5. The molecule has 6 heteroatoms. The van der Waals surface area contributed by atoms with Crippen LogP contribution in [0.5, 0.6) is 0 Å². The molecule has 12 aliphatic rings. The zero-order valence-electron chi connectivity index (χ0n) is 39.7. The molecule has 346 valence electrons. The molecular weight excluding hydrogens is 859 g/mol. The van der Waals surface area contributed by atoms with Crippen molar-refractivity contribution in [1.82, 2.24) is 10.6 Å². The molecule has 0 radical (unpaired) electrons. The normalized spacial score (nSPS) is 32.6.